The zero-order valence-electron chi connectivity index (χ0n) is 8.58. The molecule has 2 rings (SSSR count). The maximum absolute atomic E-state index is 13.4. The van der Waals surface area contributed by atoms with Crippen LogP contribution >= 0.6 is 11.6 Å². The molecule has 82 valence electrons. The zero-order chi connectivity index (χ0) is 11.5. The fraction of sp³-hybridized carbons (Fsp3) is 0.0833. The van der Waals surface area contributed by atoms with Crippen molar-refractivity contribution in [2.45, 2.75) is 0 Å². The summed E-state index contributed by atoms with van der Waals surface area (Å²) in [5.74, 6) is -0.186. The molecule has 0 spiro atoms. The van der Waals surface area contributed by atoms with E-state index in [1.165, 1.54) is 19.4 Å². The van der Waals surface area contributed by atoms with Crippen molar-refractivity contribution in [1.82, 2.24) is 4.98 Å². The van der Waals surface area contributed by atoms with Crippen LogP contribution in [0.25, 0.3) is 11.3 Å². The van der Waals surface area contributed by atoms with Crippen LogP contribution in [0.2, 0.25) is 5.02 Å². The van der Waals surface area contributed by atoms with E-state index < -0.39 is 5.82 Å². The first-order chi connectivity index (χ1) is 7.70. The molecule has 0 aliphatic rings. The lowest BCUT2D eigenvalue weighted by atomic mass is 10.1. The fourth-order valence-corrected chi connectivity index (χ4v) is 1.48. The Morgan fingerprint density at radius 1 is 1.25 bits per heavy atom. The monoisotopic (exact) mass is 237 g/mol. The van der Waals surface area contributed by atoms with Crippen LogP contribution in [0.15, 0.2) is 36.5 Å². The molecule has 2 nitrogen and oxygen atoms in total. The second-order valence-electron chi connectivity index (χ2n) is 3.21. The van der Waals surface area contributed by atoms with Crippen molar-refractivity contribution in [3.63, 3.8) is 0 Å². The van der Waals surface area contributed by atoms with Gasteiger partial charge in [-0.1, -0.05) is 11.6 Å². The van der Waals surface area contributed by atoms with Crippen molar-refractivity contribution in [3.05, 3.63) is 47.4 Å². The number of hydrogen-bond donors (Lipinski definition) is 0. The Labute approximate surface area is 97.7 Å². The van der Waals surface area contributed by atoms with Gasteiger partial charge in [-0.05, 0) is 30.3 Å². The van der Waals surface area contributed by atoms with E-state index >= 15 is 0 Å². The Hall–Kier alpha value is -1.61. The number of nitrogens with zero attached hydrogens (tertiary/aromatic N) is 1. The van der Waals surface area contributed by atoms with Crippen molar-refractivity contribution in [1.29, 1.82) is 0 Å². The van der Waals surface area contributed by atoms with E-state index in [9.17, 15) is 4.39 Å². The highest BCUT2D eigenvalue weighted by atomic mass is 35.5. The number of pyridine rings is 1. The number of halogens is 2. The molecule has 2 aromatic rings. The maximum atomic E-state index is 13.4. The van der Waals surface area contributed by atoms with E-state index in [1.807, 2.05) is 0 Å². The standard InChI is InChI=1S/C12H9ClFNO/c1-16-12-5-2-8(6-10(12)14)11-4-3-9(13)7-15-11/h2-7H,1H3. The zero-order valence-corrected chi connectivity index (χ0v) is 9.33. The molecule has 0 amide bonds. The molecular formula is C12H9ClFNO. The van der Waals surface area contributed by atoms with Crippen LogP contribution in [0, 0.1) is 5.82 Å². The van der Waals surface area contributed by atoms with Gasteiger partial charge in [0.25, 0.3) is 0 Å². The van der Waals surface area contributed by atoms with E-state index in [0.717, 1.165) is 0 Å². The highest BCUT2D eigenvalue weighted by Crippen LogP contribution is 2.24. The highest BCUT2D eigenvalue weighted by Gasteiger charge is 2.05. The predicted molar refractivity (Wildman–Crippen MR) is 61.2 cm³/mol. The van der Waals surface area contributed by atoms with Gasteiger partial charge in [-0.25, -0.2) is 4.39 Å². The summed E-state index contributed by atoms with van der Waals surface area (Å²) in [5, 5.41) is 0.553. The first-order valence-corrected chi connectivity index (χ1v) is 5.04. The van der Waals surface area contributed by atoms with Crippen LogP contribution < -0.4 is 4.74 Å². The molecule has 0 aliphatic carbocycles. The first-order valence-electron chi connectivity index (χ1n) is 4.66. The normalized spacial score (nSPS) is 10.2. The number of benzene rings is 1. The quantitative estimate of drug-likeness (QED) is 0.797. The third kappa shape index (κ3) is 2.14. The molecule has 0 atom stereocenters. The van der Waals surface area contributed by atoms with Gasteiger partial charge in [0.05, 0.1) is 17.8 Å². The maximum Gasteiger partial charge on any atom is 0.165 e. The van der Waals surface area contributed by atoms with Crippen LogP contribution in [-0.4, -0.2) is 12.1 Å². The molecule has 0 N–H and O–H groups in total. The Kier molecular flexibility index (Phi) is 3.06. The van der Waals surface area contributed by atoms with Gasteiger partial charge in [-0.15, -0.1) is 0 Å². The van der Waals surface area contributed by atoms with Crippen molar-refractivity contribution >= 4 is 11.6 Å². The van der Waals surface area contributed by atoms with Crippen LogP contribution in [0.1, 0.15) is 0 Å². The highest BCUT2D eigenvalue weighted by molar-refractivity contribution is 6.30. The molecule has 0 bridgehead atoms. The number of hydrogen-bond acceptors (Lipinski definition) is 2. The van der Waals surface area contributed by atoms with Gasteiger partial charge in [0.2, 0.25) is 0 Å². The lowest BCUT2D eigenvalue weighted by Gasteiger charge is -2.04. The number of rotatable bonds is 2. The summed E-state index contributed by atoms with van der Waals surface area (Å²) < 4.78 is 18.3. The van der Waals surface area contributed by atoms with Crippen LogP contribution in [0.5, 0.6) is 5.75 Å². The smallest absolute Gasteiger partial charge is 0.165 e. The Bertz CT molecular complexity index is 499. The number of ether oxygens (including phenoxy) is 1. The summed E-state index contributed by atoms with van der Waals surface area (Å²) in [6.07, 6.45) is 1.53. The summed E-state index contributed by atoms with van der Waals surface area (Å²) in [7, 11) is 1.43. The molecule has 0 aliphatic heterocycles. The van der Waals surface area contributed by atoms with Gasteiger partial charge in [0.15, 0.2) is 11.6 Å². The molecule has 1 aromatic heterocycles. The average Bonchev–Trinajstić information content (AvgIpc) is 2.30. The van der Waals surface area contributed by atoms with Gasteiger partial charge >= 0.3 is 0 Å². The Morgan fingerprint density at radius 3 is 2.62 bits per heavy atom. The lowest BCUT2D eigenvalue weighted by Crippen LogP contribution is -1.89. The third-order valence-electron chi connectivity index (χ3n) is 2.17. The van der Waals surface area contributed by atoms with Gasteiger partial charge in [-0.3, -0.25) is 4.98 Å². The number of methoxy groups -OCH3 is 1. The molecular weight excluding hydrogens is 229 g/mol. The van der Waals surface area contributed by atoms with Crippen LogP contribution in [-0.2, 0) is 0 Å². The SMILES string of the molecule is COc1ccc(-c2ccc(Cl)cn2)cc1F. The van der Waals surface area contributed by atoms with Crippen molar-refractivity contribution < 1.29 is 9.13 Å². The predicted octanol–water partition coefficient (Wildman–Crippen LogP) is 3.55. The molecule has 4 heteroatoms. The first kappa shape index (κ1) is 10.9. The Balaban J connectivity index is 2.41. The molecule has 0 saturated carbocycles. The van der Waals surface area contributed by atoms with Crippen molar-refractivity contribution in [3.8, 4) is 17.0 Å². The summed E-state index contributed by atoms with van der Waals surface area (Å²) in [4.78, 5) is 4.11. The molecule has 16 heavy (non-hydrogen) atoms. The van der Waals surface area contributed by atoms with Gasteiger partial charge in [0, 0.05) is 11.8 Å². The second kappa shape index (κ2) is 4.49. The summed E-state index contributed by atoms with van der Waals surface area (Å²) >= 11 is 5.72. The number of aromatic nitrogens is 1. The van der Waals surface area contributed by atoms with Gasteiger partial charge in [-0.2, -0.15) is 0 Å². The van der Waals surface area contributed by atoms with Crippen molar-refractivity contribution in [2.75, 3.05) is 7.11 Å². The second-order valence-corrected chi connectivity index (χ2v) is 3.65. The fourth-order valence-electron chi connectivity index (χ4n) is 1.37. The lowest BCUT2D eigenvalue weighted by molar-refractivity contribution is 0.386. The molecule has 0 fully saturated rings. The van der Waals surface area contributed by atoms with Crippen LogP contribution in [0.4, 0.5) is 4.39 Å². The van der Waals surface area contributed by atoms with Gasteiger partial charge < -0.3 is 4.74 Å². The topological polar surface area (TPSA) is 22.1 Å². The van der Waals surface area contributed by atoms with Crippen LogP contribution in [0.3, 0.4) is 0 Å². The summed E-state index contributed by atoms with van der Waals surface area (Å²) in [6, 6.07) is 8.16. The largest absolute Gasteiger partial charge is 0.494 e. The van der Waals surface area contributed by atoms with Crippen molar-refractivity contribution in [2.24, 2.45) is 0 Å². The third-order valence-corrected chi connectivity index (χ3v) is 2.40. The minimum absolute atomic E-state index is 0.220. The molecule has 0 unspecified atom stereocenters. The molecule has 1 aromatic carbocycles. The van der Waals surface area contributed by atoms with E-state index in [1.54, 1.807) is 24.3 Å². The minimum atomic E-state index is -0.406. The summed E-state index contributed by atoms with van der Waals surface area (Å²) in [5.41, 5.74) is 1.36. The molecule has 0 radical (unpaired) electrons. The van der Waals surface area contributed by atoms with Gasteiger partial charge in [0.1, 0.15) is 0 Å². The Morgan fingerprint density at radius 2 is 2.06 bits per heavy atom. The van der Waals surface area contributed by atoms with E-state index in [-0.39, 0.29) is 5.75 Å². The minimum Gasteiger partial charge on any atom is -0.494 e. The molecule has 1 heterocycles. The summed E-state index contributed by atoms with van der Waals surface area (Å²) in [6.45, 7) is 0. The van der Waals surface area contributed by atoms with E-state index in [2.05, 4.69) is 4.98 Å². The average molecular weight is 238 g/mol. The van der Waals surface area contributed by atoms with E-state index in [0.29, 0.717) is 16.3 Å². The molecule has 0 saturated heterocycles. The van der Waals surface area contributed by atoms with E-state index in [4.69, 9.17) is 16.3 Å².